The summed E-state index contributed by atoms with van der Waals surface area (Å²) in [6, 6.07) is 4.50. The lowest BCUT2D eigenvalue weighted by atomic mass is 10.2. The van der Waals surface area contributed by atoms with Crippen molar-refractivity contribution in [3.63, 3.8) is 0 Å². The highest BCUT2D eigenvalue weighted by molar-refractivity contribution is 6.33. The predicted molar refractivity (Wildman–Crippen MR) is 69.0 cm³/mol. The zero-order valence-electron chi connectivity index (χ0n) is 10.2. The number of aromatic nitrogens is 1. The maximum atomic E-state index is 13.7. The average molecular weight is 269 g/mol. The van der Waals surface area contributed by atoms with E-state index < -0.39 is 5.82 Å². The van der Waals surface area contributed by atoms with Gasteiger partial charge in [0.15, 0.2) is 5.76 Å². The van der Waals surface area contributed by atoms with E-state index in [-0.39, 0.29) is 11.6 Å². The zero-order valence-corrected chi connectivity index (χ0v) is 11.0. The molecule has 0 saturated carbocycles. The van der Waals surface area contributed by atoms with Gasteiger partial charge in [-0.2, -0.15) is 0 Å². The maximum Gasteiger partial charge on any atom is 0.211 e. The Kier molecular flexibility index (Phi) is 3.99. The average Bonchev–Trinajstić information content (AvgIpc) is 2.78. The monoisotopic (exact) mass is 268 g/mol. The molecular formula is C13H14ClFN2O. The molecule has 0 spiro atoms. The topological polar surface area (TPSA) is 38.1 Å². The minimum atomic E-state index is -0.415. The Labute approximate surface area is 110 Å². The fraction of sp³-hybridized carbons (Fsp3) is 0.308. The molecule has 0 aliphatic heterocycles. The third-order valence-corrected chi connectivity index (χ3v) is 2.93. The number of oxazole rings is 1. The van der Waals surface area contributed by atoms with Crippen molar-refractivity contribution in [2.75, 3.05) is 6.54 Å². The van der Waals surface area contributed by atoms with E-state index in [0.29, 0.717) is 16.7 Å². The second kappa shape index (κ2) is 5.50. The number of halogens is 2. The Balaban J connectivity index is 2.35. The molecule has 0 radical (unpaired) electrons. The summed E-state index contributed by atoms with van der Waals surface area (Å²) in [5.74, 6) is 0.449. The predicted octanol–water partition coefficient (Wildman–Crippen LogP) is 3.80. The van der Waals surface area contributed by atoms with Crippen LogP contribution in [0.5, 0.6) is 0 Å². The van der Waals surface area contributed by atoms with E-state index >= 15 is 0 Å². The van der Waals surface area contributed by atoms with Crippen LogP contribution in [0.4, 0.5) is 4.39 Å². The summed E-state index contributed by atoms with van der Waals surface area (Å²) in [5.41, 5.74) is 0.251. The van der Waals surface area contributed by atoms with Gasteiger partial charge in [0.2, 0.25) is 5.89 Å². The molecule has 1 heterocycles. The molecule has 1 aromatic heterocycles. The molecule has 2 aromatic rings. The highest BCUT2D eigenvalue weighted by Gasteiger charge is 2.16. The van der Waals surface area contributed by atoms with Crippen LogP contribution in [-0.2, 0) is 0 Å². The normalized spacial score (nSPS) is 12.7. The van der Waals surface area contributed by atoms with Crippen LogP contribution in [0.15, 0.2) is 28.8 Å². The second-order valence-corrected chi connectivity index (χ2v) is 4.35. The Morgan fingerprint density at radius 1 is 1.50 bits per heavy atom. The molecular weight excluding hydrogens is 255 g/mol. The Bertz CT molecular complexity index is 521. The number of hydrogen-bond acceptors (Lipinski definition) is 3. The van der Waals surface area contributed by atoms with Gasteiger partial charge in [0.1, 0.15) is 5.82 Å². The van der Waals surface area contributed by atoms with Gasteiger partial charge in [-0.25, -0.2) is 9.37 Å². The van der Waals surface area contributed by atoms with Gasteiger partial charge in [-0.15, -0.1) is 0 Å². The van der Waals surface area contributed by atoms with E-state index in [1.807, 2.05) is 13.8 Å². The minimum Gasteiger partial charge on any atom is -0.439 e. The molecule has 0 aliphatic carbocycles. The third kappa shape index (κ3) is 2.54. The molecule has 1 atom stereocenters. The number of hydrogen-bond donors (Lipinski definition) is 1. The van der Waals surface area contributed by atoms with Crippen LogP contribution in [0.25, 0.3) is 11.3 Å². The van der Waals surface area contributed by atoms with Crippen molar-refractivity contribution >= 4 is 11.6 Å². The van der Waals surface area contributed by atoms with E-state index in [1.54, 1.807) is 12.1 Å². The van der Waals surface area contributed by atoms with E-state index in [1.165, 1.54) is 12.3 Å². The molecule has 0 fully saturated rings. The van der Waals surface area contributed by atoms with E-state index in [9.17, 15) is 4.39 Å². The summed E-state index contributed by atoms with van der Waals surface area (Å²) in [4.78, 5) is 4.14. The molecule has 5 heteroatoms. The first-order valence-corrected chi connectivity index (χ1v) is 6.14. The minimum absolute atomic E-state index is 0.0192. The van der Waals surface area contributed by atoms with Gasteiger partial charge in [-0.3, -0.25) is 0 Å². The Morgan fingerprint density at radius 2 is 2.28 bits per heavy atom. The zero-order chi connectivity index (χ0) is 13.1. The molecule has 0 saturated heterocycles. The van der Waals surface area contributed by atoms with Gasteiger partial charge in [0.25, 0.3) is 0 Å². The molecule has 1 unspecified atom stereocenters. The van der Waals surface area contributed by atoms with E-state index in [2.05, 4.69) is 10.3 Å². The lowest BCUT2D eigenvalue weighted by molar-refractivity contribution is 0.427. The summed E-state index contributed by atoms with van der Waals surface area (Å²) in [6.07, 6.45) is 1.49. The van der Waals surface area contributed by atoms with Gasteiger partial charge < -0.3 is 9.73 Å². The van der Waals surface area contributed by atoms with Crippen LogP contribution >= 0.6 is 11.6 Å². The lowest BCUT2D eigenvalue weighted by Gasteiger charge is -2.07. The van der Waals surface area contributed by atoms with Crippen LogP contribution in [0.1, 0.15) is 25.8 Å². The van der Waals surface area contributed by atoms with Gasteiger partial charge in [0.05, 0.1) is 22.8 Å². The first kappa shape index (κ1) is 13.1. The molecule has 0 aliphatic rings. The van der Waals surface area contributed by atoms with Crippen molar-refractivity contribution in [3.8, 4) is 11.3 Å². The van der Waals surface area contributed by atoms with Crippen LogP contribution < -0.4 is 5.32 Å². The smallest absolute Gasteiger partial charge is 0.211 e. The quantitative estimate of drug-likeness (QED) is 0.916. The number of rotatable bonds is 4. The molecule has 96 valence electrons. The van der Waals surface area contributed by atoms with Crippen LogP contribution in [0, 0.1) is 5.82 Å². The first-order chi connectivity index (χ1) is 8.63. The molecule has 1 N–H and O–H groups in total. The molecule has 3 nitrogen and oxygen atoms in total. The van der Waals surface area contributed by atoms with Crippen molar-refractivity contribution < 1.29 is 8.81 Å². The number of benzene rings is 1. The van der Waals surface area contributed by atoms with Gasteiger partial charge in [-0.1, -0.05) is 24.6 Å². The SMILES string of the molecule is CCNC(C)c1ncc(-c2c(F)cccc2Cl)o1. The van der Waals surface area contributed by atoms with Crippen molar-refractivity contribution in [1.29, 1.82) is 0 Å². The second-order valence-electron chi connectivity index (χ2n) is 3.94. The first-order valence-electron chi connectivity index (χ1n) is 5.77. The molecule has 0 amide bonds. The lowest BCUT2D eigenvalue weighted by Crippen LogP contribution is -2.17. The summed E-state index contributed by atoms with van der Waals surface area (Å²) in [6.45, 7) is 4.73. The highest BCUT2D eigenvalue weighted by Crippen LogP contribution is 2.31. The van der Waals surface area contributed by atoms with Gasteiger partial charge in [-0.05, 0) is 25.6 Å². The Morgan fingerprint density at radius 3 is 2.94 bits per heavy atom. The Hall–Kier alpha value is -1.39. The number of nitrogens with one attached hydrogen (secondary N) is 1. The summed E-state index contributed by atoms with van der Waals surface area (Å²) in [7, 11) is 0. The van der Waals surface area contributed by atoms with Crippen LogP contribution in [0.2, 0.25) is 5.02 Å². The number of nitrogens with zero attached hydrogens (tertiary/aromatic N) is 1. The molecule has 18 heavy (non-hydrogen) atoms. The van der Waals surface area contributed by atoms with Crippen molar-refractivity contribution in [1.82, 2.24) is 10.3 Å². The van der Waals surface area contributed by atoms with Crippen molar-refractivity contribution in [2.45, 2.75) is 19.9 Å². The van der Waals surface area contributed by atoms with Gasteiger partial charge >= 0.3 is 0 Å². The maximum absolute atomic E-state index is 13.7. The standard InChI is InChI=1S/C13H14ClFN2O/c1-3-16-8(2)13-17-7-11(18-13)12-9(14)5-4-6-10(12)15/h4-8,16H,3H2,1-2H3. The molecule has 2 rings (SSSR count). The van der Waals surface area contributed by atoms with E-state index in [4.69, 9.17) is 16.0 Å². The molecule has 0 bridgehead atoms. The fourth-order valence-electron chi connectivity index (χ4n) is 1.73. The third-order valence-electron chi connectivity index (χ3n) is 2.61. The van der Waals surface area contributed by atoms with Crippen LogP contribution in [-0.4, -0.2) is 11.5 Å². The van der Waals surface area contributed by atoms with E-state index in [0.717, 1.165) is 6.54 Å². The van der Waals surface area contributed by atoms with Crippen molar-refractivity contribution in [3.05, 3.63) is 41.1 Å². The highest BCUT2D eigenvalue weighted by atomic mass is 35.5. The largest absolute Gasteiger partial charge is 0.439 e. The summed E-state index contributed by atoms with van der Waals surface area (Å²) >= 11 is 5.97. The molecule has 1 aromatic carbocycles. The van der Waals surface area contributed by atoms with Crippen LogP contribution in [0.3, 0.4) is 0 Å². The van der Waals surface area contributed by atoms with Crippen molar-refractivity contribution in [2.24, 2.45) is 0 Å². The fourth-order valence-corrected chi connectivity index (χ4v) is 1.99. The summed E-state index contributed by atoms with van der Waals surface area (Å²) < 4.78 is 19.3. The van der Waals surface area contributed by atoms with Gasteiger partial charge in [0, 0.05) is 0 Å². The summed E-state index contributed by atoms with van der Waals surface area (Å²) in [5, 5.41) is 3.49.